The molecule has 14 nitrogen and oxygen atoms in total. The average Bonchev–Trinajstić information content (AvgIpc) is 3.96. The topological polar surface area (TPSA) is 181 Å². The lowest BCUT2D eigenvalue weighted by Crippen LogP contribution is -2.37. The zero-order chi connectivity index (χ0) is 56.4. The zero-order valence-electron chi connectivity index (χ0n) is 41.2. The standard InChI is InChI=1S/C39H32ClF10N7O3S2.C6H11NO.C2H6.CH2O2/c1-36(2,62(4)60)11-9-23-5-6-24(25-7-8-27(40)30-32(25)56(18-38(45,46)47)54-35(30)57(19-58)61-3)31(51-23)28(15-20-13-21(41)16-22(42)14-20)52-29(59)17-55-34-26(10-12-37(34,43)44)33(53-55)39(48,49)50;1-5(8)7-6-3-2-4-6;1-2;2-1-3/h5-8,13-14,16,19,28H,10,12,15,17-18H2,1-4H3,(H,52,59);6H,2-4H2,1H3,(H,7,8);1-2H3;1H,(H,2,3). The molecule has 408 valence electrons. The third-order valence-electron chi connectivity index (χ3n) is 11.3. The highest BCUT2D eigenvalue weighted by Gasteiger charge is 2.50. The van der Waals surface area contributed by atoms with Gasteiger partial charge in [0.05, 0.1) is 27.7 Å². The van der Waals surface area contributed by atoms with Crippen molar-refractivity contribution in [3.05, 3.63) is 93.0 Å². The number of carbonyl (C=O) groups is 4. The van der Waals surface area contributed by atoms with Gasteiger partial charge in [-0.1, -0.05) is 37.4 Å². The van der Waals surface area contributed by atoms with Crippen LogP contribution in [0.15, 0.2) is 42.5 Å². The number of hydrogen-bond acceptors (Lipinski definition) is 9. The van der Waals surface area contributed by atoms with Gasteiger partial charge in [-0.15, -0.1) is 0 Å². The van der Waals surface area contributed by atoms with Gasteiger partial charge in [-0.25, -0.2) is 18.1 Å². The second-order valence-corrected chi connectivity index (χ2v) is 20.0. The summed E-state index contributed by atoms with van der Waals surface area (Å²) >= 11 is 7.36. The molecular formula is C48H51ClF10N8O6S2. The predicted octanol–water partition coefficient (Wildman–Crippen LogP) is 10.1. The first kappa shape index (κ1) is 61.3. The van der Waals surface area contributed by atoms with Gasteiger partial charge in [-0.3, -0.25) is 32.8 Å². The second kappa shape index (κ2) is 25.6. The van der Waals surface area contributed by atoms with Crippen LogP contribution in [-0.4, -0.2) is 88.0 Å². The number of carbonyl (C=O) groups excluding carboxylic acids is 3. The normalized spacial score (nSPS) is 14.6. The van der Waals surface area contributed by atoms with Crippen LogP contribution < -0.4 is 14.9 Å². The minimum Gasteiger partial charge on any atom is -0.483 e. The summed E-state index contributed by atoms with van der Waals surface area (Å²) in [5.41, 5.74) is -4.40. The van der Waals surface area contributed by atoms with Crippen LogP contribution in [0.3, 0.4) is 0 Å². The van der Waals surface area contributed by atoms with Crippen LogP contribution in [-0.2, 0) is 68.0 Å². The number of carboxylic acid groups (broad SMARTS) is 1. The minimum absolute atomic E-state index is 0.0692. The van der Waals surface area contributed by atoms with Crippen LogP contribution in [0.1, 0.15) is 100 Å². The van der Waals surface area contributed by atoms with E-state index in [1.165, 1.54) is 56.0 Å². The molecule has 75 heavy (non-hydrogen) atoms. The number of fused-ring (bicyclic) bond motifs is 2. The van der Waals surface area contributed by atoms with Crippen LogP contribution in [0.25, 0.3) is 22.0 Å². The molecule has 0 spiro atoms. The summed E-state index contributed by atoms with van der Waals surface area (Å²) < 4.78 is 157. The SMILES string of the molecule is CC.CC(=O)NC1CCC1.CSN(C=O)c1nn(CC(F)(F)F)c2c(-c3ccc(C#CC(C)(C)S(C)=O)nc3C(Cc3cc(F)cc(F)c3)NC(=O)Cn3nc(C(F)(F)F)c4c3C(F)(F)CC4)ccc(Cl)c12.O=CO. The van der Waals surface area contributed by atoms with Gasteiger partial charge in [0.15, 0.2) is 11.5 Å². The Kier molecular flexibility index (Phi) is 20.9. The predicted molar refractivity (Wildman–Crippen MR) is 263 cm³/mol. The number of hydrogen-bond donors (Lipinski definition) is 3. The number of halogens is 11. The molecule has 0 bridgehead atoms. The molecule has 1 saturated carbocycles. The molecular weight excluding hydrogens is 1070 g/mol. The van der Waals surface area contributed by atoms with Crippen LogP contribution in [0.2, 0.25) is 5.02 Å². The Balaban J connectivity index is 0.000000829. The maximum absolute atomic E-state index is 15.0. The summed E-state index contributed by atoms with van der Waals surface area (Å²) in [6, 6.07) is 6.49. The first-order chi connectivity index (χ1) is 35.0. The number of aromatic nitrogens is 5. The molecule has 0 saturated heterocycles. The Hall–Kier alpha value is -6.20. The van der Waals surface area contributed by atoms with Crippen LogP contribution in [0.4, 0.5) is 49.7 Å². The number of benzene rings is 2. The molecule has 3 heterocycles. The summed E-state index contributed by atoms with van der Waals surface area (Å²) in [7, 11) is -1.50. The lowest BCUT2D eigenvalue weighted by molar-refractivity contribution is -0.143. The summed E-state index contributed by atoms with van der Waals surface area (Å²) in [6.45, 7) is 5.53. The first-order valence-electron chi connectivity index (χ1n) is 22.6. The summed E-state index contributed by atoms with van der Waals surface area (Å²) in [5, 5.41) is 19.4. The molecule has 27 heteroatoms. The van der Waals surface area contributed by atoms with Crippen LogP contribution in [0.5, 0.6) is 0 Å². The molecule has 0 radical (unpaired) electrons. The van der Waals surface area contributed by atoms with Crippen molar-refractivity contribution in [1.29, 1.82) is 0 Å². The highest BCUT2D eigenvalue weighted by atomic mass is 35.5. The highest BCUT2D eigenvalue weighted by Crippen LogP contribution is 2.47. The van der Waals surface area contributed by atoms with Crippen LogP contribution >= 0.6 is 23.5 Å². The number of anilines is 1. The first-order valence-corrected chi connectivity index (χ1v) is 25.7. The van der Waals surface area contributed by atoms with Crippen molar-refractivity contribution in [2.24, 2.45) is 0 Å². The summed E-state index contributed by atoms with van der Waals surface area (Å²) in [5.74, 6) is -1.74. The van der Waals surface area contributed by atoms with Crippen molar-refractivity contribution in [3.63, 3.8) is 0 Å². The van der Waals surface area contributed by atoms with Crippen LogP contribution in [0, 0.1) is 23.5 Å². The van der Waals surface area contributed by atoms with E-state index in [2.05, 4.69) is 37.7 Å². The zero-order valence-corrected chi connectivity index (χ0v) is 43.5. The molecule has 2 aromatic carbocycles. The van der Waals surface area contributed by atoms with E-state index in [0.29, 0.717) is 23.2 Å². The second-order valence-electron chi connectivity index (χ2n) is 16.9. The van der Waals surface area contributed by atoms with Gasteiger partial charge in [0.1, 0.15) is 40.9 Å². The highest BCUT2D eigenvalue weighted by molar-refractivity contribution is 8.00. The van der Waals surface area contributed by atoms with Crippen molar-refractivity contribution in [1.82, 2.24) is 35.2 Å². The molecule has 2 unspecified atom stereocenters. The fourth-order valence-electron chi connectivity index (χ4n) is 7.71. The molecule has 3 amide bonds. The molecule has 2 aliphatic rings. The Morgan fingerprint density at radius 3 is 2.13 bits per heavy atom. The molecule has 2 aliphatic carbocycles. The van der Waals surface area contributed by atoms with Gasteiger partial charge < -0.3 is 15.7 Å². The minimum atomic E-state index is -5.16. The Labute approximate surface area is 435 Å². The molecule has 3 N–H and O–H groups in total. The van der Waals surface area contributed by atoms with Gasteiger partial charge in [0.2, 0.25) is 18.2 Å². The van der Waals surface area contributed by atoms with Crippen molar-refractivity contribution in [2.75, 3.05) is 16.8 Å². The quantitative estimate of drug-likeness (QED) is 0.0444. The monoisotopic (exact) mass is 1120 g/mol. The number of nitrogens with one attached hydrogen (secondary N) is 2. The van der Waals surface area contributed by atoms with E-state index < -0.39 is 107 Å². The number of amides is 3. The molecule has 7 rings (SSSR count). The van der Waals surface area contributed by atoms with E-state index in [1.807, 2.05) is 13.8 Å². The van der Waals surface area contributed by atoms with Crippen molar-refractivity contribution in [3.8, 4) is 23.0 Å². The number of nitrogens with zero attached hydrogens (tertiary/aromatic N) is 6. The largest absolute Gasteiger partial charge is 0.483 e. The third-order valence-corrected chi connectivity index (χ3v) is 13.8. The van der Waals surface area contributed by atoms with Gasteiger partial charge >= 0.3 is 12.4 Å². The van der Waals surface area contributed by atoms with Crippen molar-refractivity contribution in [2.45, 2.75) is 121 Å². The lowest BCUT2D eigenvalue weighted by atomic mass is 9.93. The molecule has 0 aliphatic heterocycles. The third kappa shape index (κ3) is 15.7. The van der Waals surface area contributed by atoms with E-state index >= 15 is 8.78 Å². The van der Waals surface area contributed by atoms with Gasteiger partial charge in [0, 0.05) is 65.5 Å². The number of rotatable bonds is 13. The fraction of sp³-hybridized carbons (Fsp3) is 0.438. The Bertz CT molecular complexity index is 2950. The average molecular weight is 1130 g/mol. The van der Waals surface area contributed by atoms with E-state index in [0.717, 1.165) is 28.4 Å². The lowest BCUT2D eigenvalue weighted by Gasteiger charge is -2.25. The fourth-order valence-corrected chi connectivity index (χ4v) is 8.52. The molecule has 5 aromatic rings. The van der Waals surface area contributed by atoms with Gasteiger partial charge in [0.25, 0.3) is 12.4 Å². The van der Waals surface area contributed by atoms with Gasteiger partial charge in [-0.05, 0) is 99.7 Å². The van der Waals surface area contributed by atoms with Crippen molar-refractivity contribution < 1.29 is 72.4 Å². The van der Waals surface area contributed by atoms with E-state index in [9.17, 15) is 53.7 Å². The smallest absolute Gasteiger partial charge is 0.435 e. The molecule has 2 atom stereocenters. The van der Waals surface area contributed by atoms with E-state index in [-0.39, 0.29) is 66.9 Å². The number of pyridine rings is 1. The number of alkyl halides is 8. The maximum atomic E-state index is 15.0. The molecule has 3 aromatic heterocycles. The van der Waals surface area contributed by atoms with E-state index in [1.54, 1.807) is 20.8 Å². The van der Waals surface area contributed by atoms with E-state index in [4.69, 9.17) is 21.5 Å². The Morgan fingerprint density at radius 2 is 1.63 bits per heavy atom. The summed E-state index contributed by atoms with van der Waals surface area (Å²) in [4.78, 5) is 49.3. The molecule has 1 fully saturated rings. The summed E-state index contributed by atoms with van der Waals surface area (Å²) in [6.07, 6.45) is -5.48. The van der Waals surface area contributed by atoms with Gasteiger partial charge in [-0.2, -0.15) is 45.3 Å². The van der Waals surface area contributed by atoms with Crippen molar-refractivity contribution >= 4 is 75.8 Å². The Morgan fingerprint density at radius 1 is 1.01 bits per heavy atom. The maximum Gasteiger partial charge on any atom is 0.435 e.